The van der Waals surface area contributed by atoms with Crippen LogP contribution in [0.2, 0.25) is 0 Å². The Balaban J connectivity index is 1.53. The zero-order valence-electron chi connectivity index (χ0n) is 16.4. The third kappa shape index (κ3) is 5.88. The lowest BCUT2D eigenvalue weighted by atomic mass is 10.1. The number of hydrogen-bond acceptors (Lipinski definition) is 4. The van der Waals surface area contributed by atoms with E-state index in [1.54, 1.807) is 6.20 Å². The van der Waals surface area contributed by atoms with E-state index in [1.165, 1.54) is 11.1 Å². The first-order valence-corrected chi connectivity index (χ1v) is 9.83. The Bertz CT molecular complexity index is 736. The number of amides is 1. The third-order valence-corrected chi connectivity index (χ3v) is 5.24. The maximum absolute atomic E-state index is 12.3. The van der Waals surface area contributed by atoms with Crippen molar-refractivity contribution >= 4 is 5.91 Å². The van der Waals surface area contributed by atoms with Gasteiger partial charge in [0, 0.05) is 51.2 Å². The molecule has 1 saturated heterocycles. The molecule has 1 aromatic carbocycles. The van der Waals surface area contributed by atoms with Crippen LogP contribution >= 0.6 is 0 Å². The zero-order valence-corrected chi connectivity index (χ0v) is 16.4. The van der Waals surface area contributed by atoms with Crippen molar-refractivity contribution in [3.8, 4) is 0 Å². The summed E-state index contributed by atoms with van der Waals surface area (Å²) in [5, 5.41) is 3.06. The van der Waals surface area contributed by atoms with Crippen LogP contribution in [-0.2, 0) is 24.3 Å². The van der Waals surface area contributed by atoms with Crippen LogP contribution < -0.4 is 5.32 Å². The smallest absolute Gasteiger partial charge is 0.224 e. The molecule has 0 unspecified atom stereocenters. The van der Waals surface area contributed by atoms with Gasteiger partial charge in [0.25, 0.3) is 0 Å². The second kappa shape index (κ2) is 9.62. The van der Waals surface area contributed by atoms with Crippen LogP contribution in [-0.4, -0.2) is 53.4 Å². The molecule has 0 aliphatic carbocycles. The van der Waals surface area contributed by atoms with Gasteiger partial charge in [-0.05, 0) is 36.2 Å². The molecule has 0 atom stereocenters. The Morgan fingerprint density at radius 3 is 2.41 bits per heavy atom. The Morgan fingerprint density at radius 2 is 1.74 bits per heavy atom. The number of aromatic nitrogens is 1. The molecule has 1 aliphatic heterocycles. The number of likely N-dealkylation sites (N-methyl/N-ethyl adjacent to an activating group) is 1. The lowest BCUT2D eigenvalue weighted by Crippen LogP contribution is -2.45. The maximum atomic E-state index is 12.3. The molecule has 5 heteroatoms. The van der Waals surface area contributed by atoms with E-state index in [9.17, 15) is 4.79 Å². The molecule has 0 spiro atoms. The fourth-order valence-electron chi connectivity index (χ4n) is 3.43. The number of rotatable bonds is 7. The van der Waals surface area contributed by atoms with E-state index in [1.807, 2.05) is 25.1 Å². The molecular weight excluding hydrogens is 336 g/mol. The molecule has 0 radical (unpaired) electrons. The molecule has 3 rings (SSSR count). The molecule has 0 saturated carbocycles. The van der Waals surface area contributed by atoms with E-state index in [2.05, 4.69) is 45.2 Å². The van der Waals surface area contributed by atoms with Crippen LogP contribution in [0, 0.1) is 6.92 Å². The van der Waals surface area contributed by atoms with Crippen LogP contribution in [0.4, 0.5) is 0 Å². The summed E-state index contributed by atoms with van der Waals surface area (Å²) in [5.74, 6) is 0.0343. The summed E-state index contributed by atoms with van der Waals surface area (Å²) < 4.78 is 0. The van der Waals surface area contributed by atoms with Crippen molar-refractivity contribution < 1.29 is 4.79 Å². The van der Waals surface area contributed by atoms with Gasteiger partial charge < -0.3 is 10.2 Å². The van der Waals surface area contributed by atoms with Crippen molar-refractivity contribution in [2.45, 2.75) is 33.4 Å². The predicted octanol–water partition coefficient (Wildman–Crippen LogP) is 2.39. The van der Waals surface area contributed by atoms with Gasteiger partial charge in [-0.3, -0.25) is 14.7 Å². The molecule has 1 aliphatic rings. The van der Waals surface area contributed by atoms with Crippen molar-refractivity contribution in [2.75, 3.05) is 32.7 Å². The Morgan fingerprint density at radius 1 is 1.04 bits per heavy atom. The Kier molecular flexibility index (Phi) is 6.96. The number of piperazine rings is 1. The Hall–Kier alpha value is -2.24. The van der Waals surface area contributed by atoms with Gasteiger partial charge in [0.05, 0.1) is 6.42 Å². The number of benzene rings is 1. The van der Waals surface area contributed by atoms with Gasteiger partial charge in [-0.15, -0.1) is 0 Å². The standard InChI is InChI=1S/C22H30N4O/c1-3-25-10-12-26(13-11-25)17-21-7-5-4-6-20(21)16-24-22(27)14-19-9-8-18(2)23-15-19/h4-9,15H,3,10-14,16-17H2,1-2H3,(H,24,27). The largest absolute Gasteiger partial charge is 0.352 e. The monoisotopic (exact) mass is 366 g/mol. The van der Waals surface area contributed by atoms with Gasteiger partial charge in [0.15, 0.2) is 0 Å². The molecule has 1 N–H and O–H groups in total. The van der Waals surface area contributed by atoms with E-state index < -0.39 is 0 Å². The highest BCUT2D eigenvalue weighted by Crippen LogP contribution is 2.14. The Labute approximate surface area is 162 Å². The average molecular weight is 367 g/mol. The summed E-state index contributed by atoms with van der Waals surface area (Å²) in [6.07, 6.45) is 2.15. The summed E-state index contributed by atoms with van der Waals surface area (Å²) in [7, 11) is 0. The topological polar surface area (TPSA) is 48.5 Å². The SMILES string of the molecule is CCN1CCN(Cc2ccccc2CNC(=O)Cc2ccc(C)nc2)CC1. The highest BCUT2D eigenvalue weighted by molar-refractivity contribution is 5.78. The van der Waals surface area contributed by atoms with Gasteiger partial charge in [-0.25, -0.2) is 0 Å². The predicted molar refractivity (Wildman–Crippen MR) is 108 cm³/mol. The van der Waals surface area contributed by atoms with E-state index in [4.69, 9.17) is 0 Å². The fourth-order valence-corrected chi connectivity index (χ4v) is 3.43. The van der Waals surface area contributed by atoms with Gasteiger partial charge >= 0.3 is 0 Å². The number of nitrogens with zero attached hydrogens (tertiary/aromatic N) is 3. The van der Waals surface area contributed by atoms with E-state index in [-0.39, 0.29) is 5.91 Å². The molecule has 1 aromatic heterocycles. The molecule has 5 nitrogen and oxygen atoms in total. The van der Waals surface area contributed by atoms with Crippen molar-refractivity contribution in [3.63, 3.8) is 0 Å². The zero-order chi connectivity index (χ0) is 19.1. The summed E-state index contributed by atoms with van der Waals surface area (Å²) >= 11 is 0. The van der Waals surface area contributed by atoms with E-state index in [0.29, 0.717) is 13.0 Å². The molecule has 1 amide bonds. The van der Waals surface area contributed by atoms with Gasteiger partial charge in [0.1, 0.15) is 0 Å². The van der Waals surface area contributed by atoms with E-state index >= 15 is 0 Å². The van der Waals surface area contributed by atoms with Gasteiger partial charge in [-0.2, -0.15) is 0 Å². The van der Waals surface area contributed by atoms with Gasteiger partial charge in [0.2, 0.25) is 5.91 Å². The molecular formula is C22H30N4O. The van der Waals surface area contributed by atoms with Crippen LogP contribution in [0.3, 0.4) is 0 Å². The first-order chi connectivity index (χ1) is 13.1. The molecule has 144 valence electrons. The lowest BCUT2D eigenvalue weighted by Gasteiger charge is -2.34. The second-order valence-electron chi connectivity index (χ2n) is 7.24. The molecule has 0 bridgehead atoms. The second-order valence-corrected chi connectivity index (χ2v) is 7.24. The number of carbonyl (C=O) groups excluding carboxylic acids is 1. The van der Waals surface area contributed by atoms with Crippen LogP contribution in [0.5, 0.6) is 0 Å². The first-order valence-electron chi connectivity index (χ1n) is 9.83. The fraction of sp³-hybridized carbons (Fsp3) is 0.455. The third-order valence-electron chi connectivity index (χ3n) is 5.24. The summed E-state index contributed by atoms with van der Waals surface area (Å²) in [5.41, 5.74) is 4.42. The first kappa shape index (κ1) is 19.5. The minimum absolute atomic E-state index is 0.0343. The van der Waals surface area contributed by atoms with Crippen LogP contribution in [0.25, 0.3) is 0 Å². The molecule has 2 aromatic rings. The highest BCUT2D eigenvalue weighted by Gasteiger charge is 2.16. The van der Waals surface area contributed by atoms with E-state index in [0.717, 1.165) is 50.5 Å². The average Bonchev–Trinajstić information content (AvgIpc) is 2.70. The normalized spacial score (nSPS) is 15.6. The number of hydrogen-bond donors (Lipinski definition) is 1. The summed E-state index contributed by atoms with van der Waals surface area (Å²) in [6, 6.07) is 12.3. The quantitative estimate of drug-likeness (QED) is 0.817. The lowest BCUT2D eigenvalue weighted by molar-refractivity contribution is -0.120. The minimum atomic E-state index is 0.0343. The molecule has 27 heavy (non-hydrogen) atoms. The van der Waals surface area contributed by atoms with Crippen molar-refractivity contribution in [1.82, 2.24) is 20.1 Å². The molecule has 2 heterocycles. The number of pyridine rings is 1. The summed E-state index contributed by atoms with van der Waals surface area (Å²) in [6.45, 7) is 11.3. The number of carbonyl (C=O) groups is 1. The maximum Gasteiger partial charge on any atom is 0.224 e. The van der Waals surface area contributed by atoms with Crippen molar-refractivity contribution in [3.05, 3.63) is 65.0 Å². The highest BCUT2D eigenvalue weighted by atomic mass is 16.1. The summed E-state index contributed by atoms with van der Waals surface area (Å²) in [4.78, 5) is 21.5. The number of aryl methyl sites for hydroxylation is 1. The number of nitrogens with one attached hydrogen (secondary N) is 1. The molecule has 1 fully saturated rings. The van der Waals surface area contributed by atoms with Crippen molar-refractivity contribution in [2.24, 2.45) is 0 Å². The van der Waals surface area contributed by atoms with Gasteiger partial charge in [-0.1, -0.05) is 37.3 Å². The van der Waals surface area contributed by atoms with Crippen molar-refractivity contribution in [1.29, 1.82) is 0 Å². The minimum Gasteiger partial charge on any atom is -0.352 e. The van der Waals surface area contributed by atoms with Crippen LogP contribution in [0.1, 0.15) is 29.3 Å². The van der Waals surface area contributed by atoms with Crippen LogP contribution in [0.15, 0.2) is 42.6 Å².